The van der Waals surface area contributed by atoms with Crippen LogP contribution in [0.3, 0.4) is 0 Å². The molecular weight excluding hydrogens is 390 g/mol. The van der Waals surface area contributed by atoms with E-state index in [2.05, 4.69) is 15.5 Å². The second-order valence-electron chi connectivity index (χ2n) is 5.27. The minimum Gasteiger partial charge on any atom is -0.493 e. The number of amides is 1. The molecule has 0 aromatic heterocycles. The second-order valence-corrected chi connectivity index (χ2v) is 6.64. The van der Waals surface area contributed by atoms with E-state index in [1.165, 1.54) is 25.1 Å². The Labute approximate surface area is 164 Å². The van der Waals surface area contributed by atoms with Gasteiger partial charge < -0.3 is 14.8 Å². The molecule has 0 unspecified atom stereocenters. The van der Waals surface area contributed by atoms with Gasteiger partial charge in [-0.3, -0.25) is 4.79 Å². The number of ether oxygens (including phenoxy) is 2. The van der Waals surface area contributed by atoms with Crippen molar-refractivity contribution in [3.8, 4) is 11.5 Å². The maximum atomic E-state index is 12.3. The zero-order valence-corrected chi connectivity index (χ0v) is 15.7. The highest BCUT2D eigenvalue weighted by molar-refractivity contribution is 8.15. The van der Waals surface area contributed by atoms with Crippen LogP contribution in [0.1, 0.15) is 15.9 Å². The van der Waals surface area contributed by atoms with Crippen LogP contribution in [0.25, 0.3) is 0 Å². The van der Waals surface area contributed by atoms with Crippen LogP contribution in [-0.2, 0) is 4.79 Å². The lowest BCUT2D eigenvalue weighted by molar-refractivity contribution is -0.116. The summed E-state index contributed by atoms with van der Waals surface area (Å²) in [5, 5.41) is 11.2. The van der Waals surface area contributed by atoms with Crippen LogP contribution in [0.15, 0.2) is 52.7 Å². The number of hydrogen-bond acceptors (Lipinski definition) is 7. The first-order chi connectivity index (χ1) is 13.1. The molecule has 2 aromatic carbocycles. The summed E-state index contributed by atoms with van der Waals surface area (Å²) in [6.45, 7) is 0. The van der Waals surface area contributed by atoms with Crippen LogP contribution in [0.4, 0.5) is 0 Å². The van der Waals surface area contributed by atoms with Crippen molar-refractivity contribution in [1.29, 1.82) is 0 Å². The Morgan fingerprint density at radius 1 is 1.26 bits per heavy atom. The van der Waals surface area contributed by atoms with E-state index in [4.69, 9.17) is 21.1 Å². The molecule has 1 heterocycles. The molecule has 0 atom stereocenters. The third kappa shape index (κ3) is 4.87. The molecule has 2 aromatic rings. The fraction of sp³-hybridized carbons (Fsp3) is 0.111. The van der Waals surface area contributed by atoms with E-state index in [-0.39, 0.29) is 17.2 Å². The van der Waals surface area contributed by atoms with E-state index in [0.29, 0.717) is 27.3 Å². The molecule has 1 fully saturated rings. The molecule has 0 spiro atoms. The predicted octanol–water partition coefficient (Wildman–Crippen LogP) is 3.12. The average molecular weight is 404 g/mol. The van der Waals surface area contributed by atoms with Gasteiger partial charge >= 0.3 is 5.97 Å². The van der Waals surface area contributed by atoms with Crippen LogP contribution in [-0.4, -0.2) is 36.1 Å². The van der Waals surface area contributed by atoms with E-state index < -0.39 is 5.97 Å². The summed E-state index contributed by atoms with van der Waals surface area (Å²) in [6, 6.07) is 11.6. The van der Waals surface area contributed by atoms with Crippen molar-refractivity contribution >= 4 is 46.6 Å². The lowest BCUT2D eigenvalue weighted by Crippen LogP contribution is -2.19. The molecule has 1 aliphatic heterocycles. The third-order valence-corrected chi connectivity index (χ3v) is 4.62. The Balaban J connectivity index is 1.73. The lowest BCUT2D eigenvalue weighted by Gasteiger charge is -2.10. The minimum atomic E-state index is -0.583. The Hall–Kier alpha value is -2.84. The van der Waals surface area contributed by atoms with Crippen LogP contribution >= 0.6 is 23.4 Å². The summed E-state index contributed by atoms with van der Waals surface area (Å²) < 4.78 is 10.7. The van der Waals surface area contributed by atoms with E-state index >= 15 is 0 Å². The van der Waals surface area contributed by atoms with Gasteiger partial charge in [-0.05, 0) is 35.9 Å². The number of methoxy groups -OCH3 is 1. The van der Waals surface area contributed by atoms with Gasteiger partial charge in [-0.2, -0.15) is 5.10 Å². The van der Waals surface area contributed by atoms with Crippen molar-refractivity contribution in [3.05, 3.63) is 58.6 Å². The number of thioether (sulfide) groups is 1. The molecule has 0 radical (unpaired) electrons. The van der Waals surface area contributed by atoms with Crippen LogP contribution in [0.2, 0.25) is 5.02 Å². The van der Waals surface area contributed by atoms with Crippen molar-refractivity contribution in [2.24, 2.45) is 10.2 Å². The predicted molar refractivity (Wildman–Crippen MR) is 105 cm³/mol. The number of benzene rings is 2. The first kappa shape index (κ1) is 18.9. The van der Waals surface area contributed by atoms with Crippen molar-refractivity contribution in [1.82, 2.24) is 5.32 Å². The molecule has 1 amide bonds. The van der Waals surface area contributed by atoms with Crippen molar-refractivity contribution in [2.45, 2.75) is 0 Å². The van der Waals surface area contributed by atoms with Gasteiger partial charge in [0.05, 0.1) is 29.7 Å². The SMILES string of the molecule is COc1cc(/C=N/N=C2/NC(=O)CS2)ccc1OC(=O)c1ccccc1Cl. The molecule has 27 heavy (non-hydrogen) atoms. The number of hydrogen-bond donors (Lipinski definition) is 1. The zero-order valence-electron chi connectivity index (χ0n) is 14.1. The summed E-state index contributed by atoms with van der Waals surface area (Å²) in [5.41, 5.74) is 0.946. The largest absolute Gasteiger partial charge is 0.493 e. The number of rotatable bonds is 5. The number of amidine groups is 1. The topological polar surface area (TPSA) is 89.3 Å². The molecule has 3 rings (SSSR count). The van der Waals surface area contributed by atoms with Gasteiger partial charge in [-0.1, -0.05) is 35.5 Å². The van der Waals surface area contributed by atoms with Gasteiger partial charge in [-0.25, -0.2) is 4.79 Å². The van der Waals surface area contributed by atoms with Crippen molar-refractivity contribution < 1.29 is 19.1 Å². The minimum absolute atomic E-state index is 0.0969. The summed E-state index contributed by atoms with van der Waals surface area (Å²) in [5.74, 6) is 0.272. The molecular formula is C18H14ClN3O4S. The van der Waals surface area contributed by atoms with Gasteiger partial charge in [0.15, 0.2) is 16.7 Å². The van der Waals surface area contributed by atoms with Crippen LogP contribution in [0.5, 0.6) is 11.5 Å². The summed E-state index contributed by atoms with van der Waals surface area (Å²) in [7, 11) is 1.47. The fourth-order valence-corrected chi connectivity index (χ4v) is 3.00. The number of carbonyl (C=O) groups is 2. The van der Waals surface area contributed by atoms with Gasteiger partial charge in [-0.15, -0.1) is 5.10 Å². The molecule has 0 bridgehead atoms. The summed E-state index contributed by atoms with van der Waals surface area (Å²) >= 11 is 7.30. The second kappa shape index (κ2) is 8.70. The van der Waals surface area contributed by atoms with E-state index in [9.17, 15) is 9.59 Å². The molecule has 1 N–H and O–H groups in total. The fourth-order valence-electron chi connectivity index (χ4n) is 2.16. The maximum Gasteiger partial charge on any atom is 0.345 e. The third-order valence-electron chi connectivity index (χ3n) is 3.43. The quantitative estimate of drug-likeness (QED) is 0.358. The summed E-state index contributed by atoms with van der Waals surface area (Å²) in [4.78, 5) is 23.4. The van der Waals surface area contributed by atoms with Crippen LogP contribution in [0, 0.1) is 0 Å². The number of esters is 1. The number of nitrogens with one attached hydrogen (secondary N) is 1. The Morgan fingerprint density at radius 3 is 2.78 bits per heavy atom. The van der Waals surface area contributed by atoms with Crippen LogP contribution < -0.4 is 14.8 Å². The van der Waals surface area contributed by atoms with Crippen molar-refractivity contribution in [3.63, 3.8) is 0 Å². The molecule has 1 aliphatic rings. The van der Waals surface area contributed by atoms with Gasteiger partial charge in [0, 0.05) is 0 Å². The highest BCUT2D eigenvalue weighted by Crippen LogP contribution is 2.29. The molecule has 1 saturated heterocycles. The monoisotopic (exact) mass is 403 g/mol. The molecule has 9 heteroatoms. The van der Waals surface area contributed by atoms with Gasteiger partial charge in [0.25, 0.3) is 0 Å². The Bertz CT molecular complexity index is 946. The van der Waals surface area contributed by atoms with Gasteiger partial charge in [0.2, 0.25) is 5.91 Å². The van der Waals surface area contributed by atoms with E-state index in [1.807, 2.05) is 0 Å². The summed E-state index contributed by atoms with van der Waals surface area (Å²) in [6.07, 6.45) is 1.50. The normalized spacial score (nSPS) is 15.2. The average Bonchev–Trinajstić information content (AvgIpc) is 3.08. The van der Waals surface area contributed by atoms with Gasteiger partial charge in [0.1, 0.15) is 0 Å². The number of carbonyl (C=O) groups excluding carboxylic acids is 2. The maximum absolute atomic E-state index is 12.3. The molecule has 0 aliphatic carbocycles. The van der Waals surface area contributed by atoms with E-state index in [1.54, 1.807) is 42.5 Å². The molecule has 7 nitrogen and oxygen atoms in total. The first-order valence-electron chi connectivity index (χ1n) is 7.75. The Kier molecular flexibility index (Phi) is 6.10. The highest BCUT2D eigenvalue weighted by Gasteiger charge is 2.16. The van der Waals surface area contributed by atoms with Crippen molar-refractivity contribution in [2.75, 3.05) is 12.9 Å². The Morgan fingerprint density at radius 2 is 2.07 bits per heavy atom. The van der Waals surface area contributed by atoms with E-state index in [0.717, 1.165) is 0 Å². The highest BCUT2D eigenvalue weighted by atomic mass is 35.5. The standard InChI is InChI=1S/C18H14ClN3O4S/c1-25-15-8-11(9-20-22-18-21-16(23)10-27-18)6-7-14(15)26-17(24)12-4-2-3-5-13(12)19/h2-9H,10H2,1H3,(H,21,22,23)/b20-9+. The molecule has 0 saturated carbocycles. The lowest BCUT2D eigenvalue weighted by atomic mass is 10.2. The molecule has 138 valence electrons. The smallest absolute Gasteiger partial charge is 0.345 e. The number of nitrogens with zero attached hydrogens (tertiary/aromatic N) is 2. The number of halogens is 1. The zero-order chi connectivity index (χ0) is 19.2. The first-order valence-corrected chi connectivity index (χ1v) is 9.11.